The summed E-state index contributed by atoms with van der Waals surface area (Å²) in [6, 6.07) is 8.96. The van der Waals surface area contributed by atoms with Gasteiger partial charge in [0.05, 0.1) is 19.6 Å². The number of quaternary nitrogens is 1. The van der Waals surface area contributed by atoms with E-state index in [4.69, 9.17) is 0 Å². The van der Waals surface area contributed by atoms with Gasteiger partial charge >= 0.3 is 0 Å². The van der Waals surface area contributed by atoms with Crippen LogP contribution in [0.25, 0.3) is 0 Å². The van der Waals surface area contributed by atoms with Crippen molar-refractivity contribution in [2.45, 2.75) is 34.2 Å². The van der Waals surface area contributed by atoms with Crippen molar-refractivity contribution in [1.82, 2.24) is 0 Å². The summed E-state index contributed by atoms with van der Waals surface area (Å²) < 4.78 is 1.20. The molecule has 0 N–H and O–H groups in total. The van der Waals surface area contributed by atoms with Crippen LogP contribution >= 0.6 is 0 Å². The number of nitrogens with zero attached hydrogens (tertiary/aromatic N) is 1. The van der Waals surface area contributed by atoms with Gasteiger partial charge in [0.15, 0.2) is 0 Å². The molecule has 16 heavy (non-hydrogen) atoms. The Hall–Kier alpha value is -0.0900. The number of aryl methyl sites for hydroxylation is 1. The summed E-state index contributed by atoms with van der Waals surface area (Å²) in [5, 5.41) is 0. The first-order valence-corrected chi connectivity index (χ1v) is 6.06. The van der Waals surface area contributed by atoms with Crippen molar-refractivity contribution >= 4 is 0 Å². The molecule has 0 aromatic heterocycles. The summed E-state index contributed by atoms with van der Waals surface area (Å²) in [5.41, 5.74) is 2.81. The standard InChI is InChI=1S/C14H24N.HI/c1-5-15(6-2,7-3)12-14-10-8-13(4)9-11-14;/h8-11H,5-7,12H2,1-4H3;1H/q+1;/p-1. The van der Waals surface area contributed by atoms with Crippen molar-refractivity contribution < 1.29 is 28.5 Å². The van der Waals surface area contributed by atoms with Gasteiger partial charge in [0.1, 0.15) is 6.54 Å². The van der Waals surface area contributed by atoms with Crippen LogP contribution in [0.4, 0.5) is 0 Å². The molecule has 0 radical (unpaired) electrons. The predicted molar refractivity (Wildman–Crippen MR) is 66.8 cm³/mol. The third-order valence-electron chi connectivity index (χ3n) is 3.65. The molecule has 0 aliphatic carbocycles. The third-order valence-corrected chi connectivity index (χ3v) is 3.65. The van der Waals surface area contributed by atoms with Gasteiger partial charge in [-0.15, -0.1) is 0 Å². The van der Waals surface area contributed by atoms with Crippen LogP contribution in [0.1, 0.15) is 31.9 Å². The predicted octanol–water partition coefficient (Wildman–Crippen LogP) is 0.376. The maximum absolute atomic E-state index is 2.29. The molecule has 0 unspecified atom stereocenters. The second-order valence-corrected chi connectivity index (χ2v) is 4.43. The summed E-state index contributed by atoms with van der Waals surface area (Å²) in [7, 11) is 0. The quantitative estimate of drug-likeness (QED) is 0.540. The van der Waals surface area contributed by atoms with E-state index in [0.717, 1.165) is 0 Å². The zero-order chi connectivity index (χ0) is 11.3. The average Bonchev–Trinajstić information content (AvgIpc) is 2.29. The van der Waals surface area contributed by atoms with Crippen LogP contribution in [0.15, 0.2) is 24.3 Å². The van der Waals surface area contributed by atoms with Gasteiger partial charge in [-0.05, 0) is 27.7 Å². The Bertz CT molecular complexity index is 280. The fraction of sp³-hybridized carbons (Fsp3) is 0.571. The monoisotopic (exact) mass is 333 g/mol. The van der Waals surface area contributed by atoms with E-state index in [0.29, 0.717) is 0 Å². The highest BCUT2D eigenvalue weighted by Crippen LogP contribution is 2.14. The molecular formula is C14H24IN. The van der Waals surface area contributed by atoms with Crippen LogP contribution in [0.5, 0.6) is 0 Å². The average molecular weight is 333 g/mol. The molecule has 0 bridgehead atoms. The summed E-state index contributed by atoms with van der Waals surface area (Å²) in [4.78, 5) is 0. The molecule has 0 saturated heterocycles. The molecule has 92 valence electrons. The minimum atomic E-state index is 0. The van der Waals surface area contributed by atoms with Crippen LogP contribution in [0.3, 0.4) is 0 Å². The normalized spacial score (nSPS) is 11.0. The smallest absolute Gasteiger partial charge is 0.104 e. The van der Waals surface area contributed by atoms with E-state index in [1.807, 2.05) is 0 Å². The third kappa shape index (κ3) is 4.06. The fourth-order valence-electron chi connectivity index (χ4n) is 2.09. The van der Waals surface area contributed by atoms with Crippen molar-refractivity contribution in [3.8, 4) is 0 Å². The van der Waals surface area contributed by atoms with Gasteiger partial charge in [-0.25, -0.2) is 0 Å². The molecule has 1 aromatic rings. The molecule has 0 heterocycles. The first-order chi connectivity index (χ1) is 7.15. The molecule has 0 aliphatic rings. The Morgan fingerprint density at radius 3 is 1.69 bits per heavy atom. The van der Waals surface area contributed by atoms with Gasteiger partial charge < -0.3 is 28.5 Å². The Labute approximate surface area is 117 Å². The topological polar surface area (TPSA) is 0 Å². The van der Waals surface area contributed by atoms with Crippen molar-refractivity contribution in [1.29, 1.82) is 0 Å². The molecular weight excluding hydrogens is 309 g/mol. The Kier molecular flexibility index (Phi) is 7.24. The van der Waals surface area contributed by atoms with E-state index in [9.17, 15) is 0 Å². The number of halogens is 1. The van der Waals surface area contributed by atoms with Crippen molar-refractivity contribution in [2.24, 2.45) is 0 Å². The van der Waals surface area contributed by atoms with E-state index in [-0.39, 0.29) is 24.0 Å². The van der Waals surface area contributed by atoms with Crippen molar-refractivity contribution in [3.63, 3.8) is 0 Å². The van der Waals surface area contributed by atoms with Gasteiger partial charge in [-0.2, -0.15) is 0 Å². The molecule has 0 saturated carbocycles. The highest BCUT2D eigenvalue weighted by atomic mass is 127. The highest BCUT2D eigenvalue weighted by Gasteiger charge is 2.20. The fourth-order valence-corrected chi connectivity index (χ4v) is 2.09. The maximum Gasteiger partial charge on any atom is 0.104 e. The highest BCUT2D eigenvalue weighted by molar-refractivity contribution is 5.20. The van der Waals surface area contributed by atoms with E-state index in [2.05, 4.69) is 52.0 Å². The lowest BCUT2D eigenvalue weighted by molar-refractivity contribution is -0.936. The Morgan fingerprint density at radius 1 is 0.875 bits per heavy atom. The zero-order valence-electron chi connectivity index (χ0n) is 11.0. The Morgan fingerprint density at radius 2 is 1.31 bits per heavy atom. The minimum absolute atomic E-state index is 0. The molecule has 1 aromatic carbocycles. The van der Waals surface area contributed by atoms with Gasteiger partial charge in [0.2, 0.25) is 0 Å². The first-order valence-electron chi connectivity index (χ1n) is 6.06. The Balaban J connectivity index is 0.00000225. The van der Waals surface area contributed by atoms with Gasteiger partial charge in [0, 0.05) is 5.56 Å². The minimum Gasteiger partial charge on any atom is -1.00 e. The molecule has 2 heteroatoms. The lowest BCUT2D eigenvalue weighted by Gasteiger charge is -2.35. The SMILES string of the molecule is CC[N+](CC)(CC)Cc1ccc(C)cc1.[I-]. The van der Waals surface area contributed by atoms with E-state index >= 15 is 0 Å². The first kappa shape index (κ1) is 15.9. The lowest BCUT2D eigenvalue weighted by atomic mass is 10.1. The summed E-state index contributed by atoms with van der Waals surface area (Å²) in [6.45, 7) is 13.9. The summed E-state index contributed by atoms with van der Waals surface area (Å²) in [5.74, 6) is 0. The molecule has 1 rings (SSSR count). The molecule has 0 amide bonds. The molecule has 0 fully saturated rings. The molecule has 1 nitrogen and oxygen atoms in total. The van der Waals surface area contributed by atoms with E-state index < -0.39 is 0 Å². The number of hydrogen-bond acceptors (Lipinski definition) is 0. The zero-order valence-corrected chi connectivity index (χ0v) is 13.1. The summed E-state index contributed by atoms with van der Waals surface area (Å²) in [6.07, 6.45) is 0. The van der Waals surface area contributed by atoms with E-state index in [1.54, 1.807) is 0 Å². The van der Waals surface area contributed by atoms with Crippen LogP contribution in [-0.4, -0.2) is 24.1 Å². The van der Waals surface area contributed by atoms with Crippen LogP contribution < -0.4 is 24.0 Å². The van der Waals surface area contributed by atoms with Crippen LogP contribution in [0, 0.1) is 6.92 Å². The van der Waals surface area contributed by atoms with Gasteiger partial charge in [-0.1, -0.05) is 29.8 Å². The van der Waals surface area contributed by atoms with Crippen molar-refractivity contribution in [3.05, 3.63) is 35.4 Å². The second kappa shape index (κ2) is 7.28. The second-order valence-electron chi connectivity index (χ2n) is 4.43. The number of hydrogen-bond donors (Lipinski definition) is 0. The molecule has 0 spiro atoms. The lowest BCUT2D eigenvalue weighted by Crippen LogP contribution is -3.00. The number of rotatable bonds is 5. The molecule has 0 atom stereocenters. The van der Waals surface area contributed by atoms with Gasteiger partial charge in [0.25, 0.3) is 0 Å². The van der Waals surface area contributed by atoms with E-state index in [1.165, 1.54) is 41.8 Å². The van der Waals surface area contributed by atoms with Crippen molar-refractivity contribution in [2.75, 3.05) is 19.6 Å². The largest absolute Gasteiger partial charge is 1.00 e. The van der Waals surface area contributed by atoms with Gasteiger partial charge in [-0.3, -0.25) is 0 Å². The van der Waals surface area contributed by atoms with Crippen LogP contribution in [0.2, 0.25) is 0 Å². The summed E-state index contributed by atoms with van der Waals surface area (Å²) >= 11 is 0. The van der Waals surface area contributed by atoms with Crippen LogP contribution in [-0.2, 0) is 6.54 Å². The maximum atomic E-state index is 2.29. The number of benzene rings is 1. The molecule has 0 aliphatic heterocycles.